The van der Waals surface area contributed by atoms with Gasteiger partial charge in [0.1, 0.15) is 0 Å². The number of likely N-dealkylation sites (tertiary alicyclic amines) is 1. The molecule has 1 aliphatic rings. The van der Waals surface area contributed by atoms with Crippen molar-refractivity contribution in [2.75, 3.05) is 19.6 Å². The zero-order valence-corrected chi connectivity index (χ0v) is 12.0. The lowest BCUT2D eigenvalue weighted by Crippen LogP contribution is -2.34. The summed E-state index contributed by atoms with van der Waals surface area (Å²) >= 11 is 1.56. The van der Waals surface area contributed by atoms with Gasteiger partial charge in [-0.15, -0.1) is 11.3 Å². The summed E-state index contributed by atoms with van der Waals surface area (Å²) in [5.74, 6) is 1.25. The van der Waals surface area contributed by atoms with Crippen LogP contribution in [0.5, 0.6) is 0 Å². The van der Waals surface area contributed by atoms with E-state index in [1.54, 1.807) is 11.3 Å². The van der Waals surface area contributed by atoms with Crippen LogP contribution in [0.3, 0.4) is 0 Å². The normalized spacial score (nSPS) is 18.1. The van der Waals surface area contributed by atoms with E-state index in [0.717, 1.165) is 23.8 Å². The molecule has 1 saturated heterocycles. The molecule has 100 valence electrons. The summed E-state index contributed by atoms with van der Waals surface area (Å²) in [5.41, 5.74) is 0. The molecule has 0 unspecified atom stereocenters. The lowest BCUT2D eigenvalue weighted by Gasteiger charge is -2.31. The first-order chi connectivity index (χ1) is 8.79. The average molecular weight is 265 g/mol. The smallest absolute Gasteiger partial charge is 0.172 e. The first-order valence-corrected chi connectivity index (χ1v) is 7.96. The predicted octanol–water partition coefficient (Wildman–Crippen LogP) is 3.83. The molecule has 0 aromatic carbocycles. The zero-order chi connectivity index (χ0) is 12.8. The monoisotopic (exact) mass is 265 g/mol. The third-order valence-electron chi connectivity index (χ3n) is 3.96. The van der Waals surface area contributed by atoms with Crippen LogP contribution in [0.4, 0.5) is 0 Å². The fraction of sp³-hybridized carbons (Fsp3) is 0.667. The molecule has 18 heavy (non-hydrogen) atoms. The largest absolute Gasteiger partial charge is 0.303 e. The number of ketones is 1. The summed E-state index contributed by atoms with van der Waals surface area (Å²) in [6, 6.07) is 3.88. The molecule has 0 bridgehead atoms. The second-order valence-corrected chi connectivity index (χ2v) is 6.14. The Labute approximate surface area is 114 Å². The lowest BCUT2D eigenvalue weighted by atomic mass is 9.94. The van der Waals surface area contributed by atoms with Gasteiger partial charge in [-0.2, -0.15) is 0 Å². The fourth-order valence-electron chi connectivity index (χ4n) is 2.64. The minimum Gasteiger partial charge on any atom is -0.303 e. The van der Waals surface area contributed by atoms with E-state index < -0.39 is 0 Å². The van der Waals surface area contributed by atoms with Gasteiger partial charge in [0.25, 0.3) is 0 Å². The molecular weight excluding hydrogens is 242 g/mol. The van der Waals surface area contributed by atoms with Gasteiger partial charge in [0.15, 0.2) is 5.78 Å². The van der Waals surface area contributed by atoms with Gasteiger partial charge in [0.2, 0.25) is 0 Å². The molecule has 0 radical (unpaired) electrons. The third-order valence-corrected chi connectivity index (χ3v) is 4.87. The summed E-state index contributed by atoms with van der Waals surface area (Å²) in [7, 11) is 0. The van der Waals surface area contributed by atoms with E-state index in [2.05, 4.69) is 11.8 Å². The molecule has 2 heterocycles. The number of nitrogens with zero attached hydrogens (tertiary/aromatic N) is 1. The maximum absolute atomic E-state index is 11.8. The van der Waals surface area contributed by atoms with Crippen molar-refractivity contribution in [1.82, 2.24) is 4.90 Å². The molecule has 1 aromatic heterocycles. The Hall–Kier alpha value is -0.670. The summed E-state index contributed by atoms with van der Waals surface area (Å²) in [5, 5.41) is 1.97. The molecule has 0 amide bonds. The molecule has 1 aromatic rings. The van der Waals surface area contributed by atoms with Crippen LogP contribution in [-0.4, -0.2) is 30.3 Å². The standard InChI is InChI=1S/C15H23NOS/c1-2-13-7-10-16(11-8-13)9-3-5-14(17)15-6-4-12-18-15/h4,6,12-13H,2-3,5,7-11H2,1H3. The number of piperidine rings is 1. The SMILES string of the molecule is CCC1CCN(CCCC(=O)c2cccs2)CC1. The molecular formula is C15H23NOS. The van der Waals surface area contributed by atoms with E-state index in [9.17, 15) is 4.79 Å². The van der Waals surface area contributed by atoms with Crippen LogP contribution in [-0.2, 0) is 0 Å². The molecule has 0 atom stereocenters. The Balaban J connectivity index is 1.63. The van der Waals surface area contributed by atoms with Crippen molar-refractivity contribution in [3.05, 3.63) is 22.4 Å². The van der Waals surface area contributed by atoms with Gasteiger partial charge < -0.3 is 4.90 Å². The van der Waals surface area contributed by atoms with Crippen LogP contribution in [0.15, 0.2) is 17.5 Å². The summed E-state index contributed by atoms with van der Waals surface area (Å²) in [6.45, 7) is 5.84. The van der Waals surface area contributed by atoms with Crippen molar-refractivity contribution in [2.24, 2.45) is 5.92 Å². The highest BCUT2D eigenvalue weighted by Crippen LogP contribution is 2.20. The Morgan fingerprint density at radius 2 is 2.22 bits per heavy atom. The number of carbonyl (C=O) groups is 1. The van der Waals surface area contributed by atoms with E-state index in [0.29, 0.717) is 12.2 Å². The number of thiophene rings is 1. The topological polar surface area (TPSA) is 20.3 Å². The minimum atomic E-state index is 0.313. The van der Waals surface area contributed by atoms with Crippen LogP contribution < -0.4 is 0 Å². The van der Waals surface area contributed by atoms with E-state index in [1.165, 1.54) is 32.4 Å². The highest BCUT2D eigenvalue weighted by Gasteiger charge is 2.17. The van der Waals surface area contributed by atoms with Gasteiger partial charge in [0, 0.05) is 6.42 Å². The summed E-state index contributed by atoms with van der Waals surface area (Å²) in [6.07, 6.45) is 5.72. The molecule has 2 nitrogen and oxygen atoms in total. The summed E-state index contributed by atoms with van der Waals surface area (Å²) < 4.78 is 0. The Bertz CT molecular complexity index is 353. The van der Waals surface area contributed by atoms with Crippen molar-refractivity contribution in [3.63, 3.8) is 0 Å². The molecule has 0 saturated carbocycles. The number of hydrogen-bond acceptors (Lipinski definition) is 3. The van der Waals surface area contributed by atoms with E-state index in [4.69, 9.17) is 0 Å². The lowest BCUT2D eigenvalue weighted by molar-refractivity contribution is 0.0974. The van der Waals surface area contributed by atoms with E-state index >= 15 is 0 Å². The van der Waals surface area contributed by atoms with E-state index in [-0.39, 0.29) is 0 Å². The molecule has 0 aliphatic carbocycles. The second kappa shape index (κ2) is 7.05. The van der Waals surface area contributed by atoms with E-state index in [1.807, 2.05) is 17.5 Å². The van der Waals surface area contributed by atoms with Crippen LogP contribution in [0.25, 0.3) is 0 Å². The highest BCUT2D eigenvalue weighted by atomic mass is 32.1. The van der Waals surface area contributed by atoms with Gasteiger partial charge in [-0.1, -0.05) is 19.4 Å². The highest BCUT2D eigenvalue weighted by molar-refractivity contribution is 7.12. The molecule has 3 heteroatoms. The third kappa shape index (κ3) is 3.92. The molecule has 1 aliphatic heterocycles. The quantitative estimate of drug-likeness (QED) is 0.729. The fourth-order valence-corrected chi connectivity index (χ4v) is 3.34. The number of carbonyl (C=O) groups excluding carboxylic acids is 1. The Kier molecular flexibility index (Phi) is 5.39. The number of hydrogen-bond donors (Lipinski definition) is 0. The van der Waals surface area contributed by atoms with Crippen LogP contribution in [0.1, 0.15) is 48.7 Å². The van der Waals surface area contributed by atoms with Gasteiger partial charge >= 0.3 is 0 Å². The van der Waals surface area contributed by atoms with Gasteiger partial charge in [-0.3, -0.25) is 4.79 Å². The van der Waals surface area contributed by atoms with Crippen LogP contribution >= 0.6 is 11.3 Å². The molecule has 2 rings (SSSR count). The number of Topliss-reactive ketones (excluding diaryl/α,β-unsaturated/α-hetero) is 1. The van der Waals surface area contributed by atoms with Crippen molar-refractivity contribution < 1.29 is 4.79 Å². The van der Waals surface area contributed by atoms with Crippen molar-refractivity contribution in [1.29, 1.82) is 0 Å². The first-order valence-electron chi connectivity index (χ1n) is 7.08. The molecule has 1 fully saturated rings. The van der Waals surface area contributed by atoms with Crippen molar-refractivity contribution in [3.8, 4) is 0 Å². The molecule has 0 spiro atoms. The maximum Gasteiger partial charge on any atom is 0.172 e. The summed E-state index contributed by atoms with van der Waals surface area (Å²) in [4.78, 5) is 15.3. The Morgan fingerprint density at radius 3 is 2.83 bits per heavy atom. The molecule has 0 N–H and O–H groups in total. The van der Waals surface area contributed by atoms with Crippen LogP contribution in [0.2, 0.25) is 0 Å². The van der Waals surface area contributed by atoms with Gasteiger partial charge in [-0.25, -0.2) is 0 Å². The van der Waals surface area contributed by atoms with Crippen molar-refractivity contribution >= 4 is 17.1 Å². The maximum atomic E-state index is 11.8. The van der Waals surface area contributed by atoms with Gasteiger partial charge in [-0.05, 0) is 56.3 Å². The average Bonchev–Trinajstić information content (AvgIpc) is 2.93. The van der Waals surface area contributed by atoms with Gasteiger partial charge in [0.05, 0.1) is 4.88 Å². The van der Waals surface area contributed by atoms with Crippen LogP contribution in [0, 0.1) is 5.92 Å². The number of rotatable bonds is 6. The second-order valence-electron chi connectivity index (χ2n) is 5.20. The predicted molar refractivity (Wildman–Crippen MR) is 77.3 cm³/mol. The Morgan fingerprint density at radius 1 is 1.44 bits per heavy atom. The zero-order valence-electron chi connectivity index (χ0n) is 11.2. The first kappa shape index (κ1) is 13.8. The van der Waals surface area contributed by atoms with Crippen molar-refractivity contribution in [2.45, 2.75) is 39.0 Å². The minimum absolute atomic E-state index is 0.313.